The van der Waals surface area contributed by atoms with E-state index in [1.165, 1.54) is 0 Å². The van der Waals surface area contributed by atoms with Crippen LogP contribution in [0.5, 0.6) is 11.5 Å². The van der Waals surface area contributed by atoms with Crippen LogP contribution in [0.15, 0.2) is 42.5 Å². The van der Waals surface area contributed by atoms with E-state index in [4.69, 9.17) is 24.9 Å². The second-order valence-electron chi connectivity index (χ2n) is 7.96. The summed E-state index contributed by atoms with van der Waals surface area (Å²) >= 11 is 0. The summed E-state index contributed by atoms with van der Waals surface area (Å²) in [7, 11) is 0. The lowest BCUT2D eigenvalue weighted by Crippen LogP contribution is -2.37. The summed E-state index contributed by atoms with van der Waals surface area (Å²) in [6.45, 7) is -0.415. The summed E-state index contributed by atoms with van der Waals surface area (Å²) in [6.07, 6.45) is 4.30. The Balaban J connectivity index is 1.55. The maximum atomic E-state index is 13.1. The van der Waals surface area contributed by atoms with Crippen LogP contribution in [0.25, 0.3) is 22.6 Å². The second kappa shape index (κ2) is 8.86. The number of amides is 3. The fourth-order valence-electron chi connectivity index (χ4n) is 4.29. The normalized spacial score (nSPS) is 15.1. The molecule has 1 aromatic heterocycles. The first-order chi connectivity index (χ1) is 16.5. The molecular weight excluding hydrogens is 438 g/mol. The average molecular weight is 459 g/mol. The van der Waals surface area contributed by atoms with E-state index in [0.717, 1.165) is 35.2 Å². The van der Waals surface area contributed by atoms with Crippen molar-refractivity contribution in [2.45, 2.75) is 19.3 Å². The van der Waals surface area contributed by atoms with Gasteiger partial charge in [-0.1, -0.05) is 24.3 Å². The van der Waals surface area contributed by atoms with Crippen molar-refractivity contribution in [3.63, 3.8) is 0 Å². The lowest BCUT2D eigenvalue weighted by molar-refractivity contribution is -0.123. The highest BCUT2D eigenvalue weighted by molar-refractivity contribution is 6.07. The predicted molar refractivity (Wildman–Crippen MR) is 123 cm³/mol. The van der Waals surface area contributed by atoms with Crippen LogP contribution < -0.4 is 20.5 Å². The van der Waals surface area contributed by atoms with E-state index >= 15 is 0 Å². The fourth-order valence-corrected chi connectivity index (χ4v) is 4.29. The first-order valence-corrected chi connectivity index (χ1v) is 10.8. The second-order valence-corrected chi connectivity index (χ2v) is 7.96. The van der Waals surface area contributed by atoms with Crippen LogP contribution in [0.3, 0.4) is 0 Å². The number of imide groups is 1. The van der Waals surface area contributed by atoms with Gasteiger partial charge in [-0.25, -0.2) is 14.6 Å². The zero-order valence-electron chi connectivity index (χ0n) is 18.1. The van der Waals surface area contributed by atoms with Crippen molar-refractivity contribution in [1.29, 1.82) is 0 Å². The van der Waals surface area contributed by atoms with Crippen LogP contribution in [0.1, 0.15) is 40.0 Å². The van der Waals surface area contributed by atoms with Crippen LogP contribution in [-0.2, 0) is 16.0 Å². The predicted octanol–water partition coefficient (Wildman–Crippen LogP) is 3.19. The summed E-state index contributed by atoms with van der Waals surface area (Å²) in [4.78, 5) is 40.6. The maximum Gasteiger partial charge on any atom is 0.339 e. The Bertz CT molecular complexity index is 1360. The van der Waals surface area contributed by atoms with Crippen LogP contribution >= 0.6 is 0 Å². The zero-order valence-corrected chi connectivity index (χ0v) is 18.1. The summed E-state index contributed by atoms with van der Waals surface area (Å²) in [6, 6.07) is 12.0. The first kappa shape index (κ1) is 21.4. The number of nitrogens with one attached hydrogen (secondary N) is 1. The lowest BCUT2D eigenvalue weighted by Gasteiger charge is -2.22. The van der Waals surface area contributed by atoms with Gasteiger partial charge in [-0.2, -0.15) is 0 Å². The number of carbonyl (C=O) groups is 3. The van der Waals surface area contributed by atoms with Gasteiger partial charge in [0.05, 0.1) is 16.8 Å². The molecular formula is C25H21N3O6. The third kappa shape index (κ3) is 4.15. The molecule has 9 heteroatoms. The maximum absolute atomic E-state index is 13.1. The molecule has 5 rings (SSSR count). The van der Waals surface area contributed by atoms with E-state index < -0.39 is 24.5 Å². The number of nitrogens with zero attached hydrogens (tertiary/aromatic N) is 1. The molecule has 3 aromatic rings. The Kier molecular flexibility index (Phi) is 5.59. The van der Waals surface area contributed by atoms with Gasteiger partial charge in [-0.15, -0.1) is 0 Å². The highest BCUT2D eigenvalue weighted by atomic mass is 16.7. The smallest absolute Gasteiger partial charge is 0.339 e. The van der Waals surface area contributed by atoms with Gasteiger partial charge in [-0.3, -0.25) is 10.1 Å². The Morgan fingerprint density at radius 3 is 2.76 bits per heavy atom. The summed E-state index contributed by atoms with van der Waals surface area (Å²) < 4.78 is 16.1. The minimum Gasteiger partial charge on any atom is -0.454 e. The Labute approximate surface area is 194 Å². The van der Waals surface area contributed by atoms with E-state index in [9.17, 15) is 14.4 Å². The number of nitrogens with two attached hydrogens (primary N) is 1. The summed E-state index contributed by atoms with van der Waals surface area (Å²) in [5.41, 5.74) is 9.41. The van der Waals surface area contributed by atoms with Crippen molar-refractivity contribution in [3.8, 4) is 11.5 Å². The molecule has 0 bridgehead atoms. The highest BCUT2D eigenvalue weighted by Gasteiger charge is 2.26. The lowest BCUT2D eigenvalue weighted by atomic mass is 9.86. The molecule has 0 unspecified atom stereocenters. The largest absolute Gasteiger partial charge is 0.454 e. The van der Waals surface area contributed by atoms with E-state index in [1.807, 2.05) is 47.8 Å². The van der Waals surface area contributed by atoms with Gasteiger partial charge in [0.25, 0.3) is 5.91 Å². The molecule has 2 aromatic carbocycles. The molecule has 9 nitrogen and oxygen atoms in total. The molecule has 1 aliphatic heterocycles. The van der Waals surface area contributed by atoms with Crippen molar-refractivity contribution in [2.75, 3.05) is 13.4 Å². The third-order valence-electron chi connectivity index (χ3n) is 5.71. The van der Waals surface area contributed by atoms with Gasteiger partial charge in [0.15, 0.2) is 18.1 Å². The van der Waals surface area contributed by atoms with Gasteiger partial charge in [0.1, 0.15) is 0 Å². The number of hydrogen-bond donors (Lipinski definition) is 2. The number of allylic oxidation sites excluding steroid dienone is 1. The van der Waals surface area contributed by atoms with Crippen molar-refractivity contribution < 1.29 is 28.6 Å². The Morgan fingerprint density at radius 2 is 1.91 bits per heavy atom. The third-order valence-corrected chi connectivity index (χ3v) is 5.71. The van der Waals surface area contributed by atoms with Crippen LogP contribution in [-0.4, -0.2) is 36.3 Å². The first-order valence-electron chi connectivity index (χ1n) is 10.8. The van der Waals surface area contributed by atoms with E-state index in [0.29, 0.717) is 34.4 Å². The average Bonchev–Trinajstić information content (AvgIpc) is 3.29. The van der Waals surface area contributed by atoms with Gasteiger partial charge in [0.2, 0.25) is 6.79 Å². The van der Waals surface area contributed by atoms with Gasteiger partial charge in [-0.05, 0) is 60.2 Å². The highest BCUT2D eigenvalue weighted by Crippen LogP contribution is 2.38. The molecule has 34 heavy (non-hydrogen) atoms. The SMILES string of the molecule is NC(=O)NC(=O)COC(=O)c1c2c(nc3ccccc13)/C(=C/c1ccc3c(c1)OCO3)CCC2. The quantitative estimate of drug-likeness (QED) is 0.573. The van der Waals surface area contributed by atoms with E-state index in [1.54, 1.807) is 6.07 Å². The molecule has 0 spiro atoms. The molecule has 3 N–H and O–H groups in total. The van der Waals surface area contributed by atoms with Gasteiger partial charge >= 0.3 is 12.0 Å². The van der Waals surface area contributed by atoms with Gasteiger partial charge < -0.3 is 19.9 Å². The number of aromatic nitrogens is 1. The fraction of sp³-hybridized carbons (Fsp3) is 0.200. The number of urea groups is 1. The molecule has 0 radical (unpaired) electrons. The number of para-hydroxylation sites is 1. The number of fused-ring (bicyclic) bond motifs is 3. The van der Waals surface area contributed by atoms with Crippen LogP contribution in [0.2, 0.25) is 0 Å². The monoisotopic (exact) mass is 459 g/mol. The number of primary amides is 1. The molecule has 1 aliphatic carbocycles. The summed E-state index contributed by atoms with van der Waals surface area (Å²) in [5, 5.41) is 2.53. The molecule has 0 saturated heterocycles. The van der Waals surface area contributed by atoms with E-state index in [2.05, 4.69) is 0 Å². The minimum absolute atomic E-state index is 0.203. The molecule has 2 heterocycles. The molecule has 2 aliphatic rings. The van der Waals surface area contributed by atoms with Crippen molar-refractivity contribution in [2.24, 2.45) is 5.73 Å². The molecule has 172 valence electrons. The Morgan fingerprint density at radius 1 is 1.09 bits per heavy atom. The summed E-state index contributed by atoms with van der Waals surface area (Å²) in [5.74, 6) is -0.0497. The number of carbonyl (C=O) groups excluding carboxylic acids is 3. The molecule has 0 fully saturated rings. The van der Waals surface area contributed by atoms with E-state index in [-0.39, 0.29) is 6.79 Å². The number of hydrogen-bond acceptors (Lipinski definition) is 7. The van der Waals surface area contributed by atoms with Crippen LogP contribution in [0, 0.1) is 0 Å². The molecule has 0 saturated carbocycles. The zero-order chi connectivity index (χ0) is 23.7. The standard InChI is InChI=1S/C25H21N3O6/c26-25(31)28-21(29)12-32-24(30)22-16-5-1-2-7-18(16)27-23-15(4-3-6-17(22)23)10-14-8-9-19-20(11-14)34-13-33-19/h1-2,5,7-11H,3-4,6,12-13H2,(H3,26,28,29,31)/b15-10+. The topological polar surface area (TPSA) is 130 Å². The number of pyridine rings is 1. The van der Waals surface area contributed by atoms with Crippen molar-refractivity contribution in [1.82, 2.24) is 10.3 Å². The van der Waals surface area contributed by atoms with Crippen molar-refractivity contribution in [3.05, 3.63) is 64.8 Å². The minimum atomic E-state index is -1.01. The molecule has 0 atom stereocenters. The van der Waals surface area contributed by atoms with Gasteiger partial charge in [0, 0.05) is 5.39 Å². The number of benzene rings is 2. The van der Waals surface area contributed by atoms with Crippen LogP contribution in [0.4, 0.5) is 4.79 Å². The van der Waals surface area contributed by atoms with Crippen molar-refractivity contribution >= 4 is 40.5 Å². The number of ether oxygens (including phenoxy) is 3. The molecule has 3 amide bonds. The number of esters is 1. The Hall–Kier alpha value is -4.40. The number of rotatable bonds is 4.